The van der Waals surface area contributed by atoms with Gasteiger partial charge in [0.1, 0.15) is 5.82 Å². The van der Waals surface area contributed by atoms with Crippen molar-refractivity contribution in [2.24, 2.45) is 0 Å². The van der Waals surface area contributed by atoms with Crippen LogP contribution < -0.4 is 11.1 Å². The van der Waals surface area contributed by atoms with E-state index in [1.165, 1.54) is 30.0 Å². The molecule has 0 aliphatic heterocycles. The molecule has 0 saturated carbocycles. The molecule has 3 N–H and O–H groups in total. The summed E-state index contributed by atoms with van der Waals surface area (Å²) in [6.45, 7) is 1.94. The van der Waals surface area contributed by atoms with E-state index in [0.717, 1.165) is 4.88 Å². The molecular formula is C14H15FN2OS2. The maximum atomic E-state index is 13.1. The summed E-state index contributed by atoms with van der Waals surface area (Å²) in [6.07, 6.45) is 0. The van der Waals surface area contributed by atoms with Crippen molar-refractivity contribution in [1.29, 1.82) is 0 Å². The number of carbonyl (C=O) groups excluding carboxylic acids is 1. The van der Waals surface area contributed by atoms with Gasteiger partial charge in [0.25, 0.3) is 0 Å². The molecule has 6 heteroatoms. The second kappa shape index (κ2) is 6.76. The lowest BCUT2D eigenvalue weighted by atomic mass is 10.3. The van der Waals surface area contributed by atoms with Gasteiger partial charge in [0.05, 0.1) is 11.8 Å². The highest BCUT2D eigenvalue weighted by Gasteiger charge is 2.11. The summed E-state index contributed by atoms with van der Waals surface area (Å²) in [5.74, 6) is -0.239. The average molecular weight is 310 g/mol. The Labute approximate surface area is 125 Å². The van der Waals surface area contributed by atoms with Gasteiger partial charge in [0.15, 0.2) is 0 Å². The highest BCUT2D eigenvalue weighted by molar-refractivity contribution is 8.00. The molecule has 3 nitrogen and oxygen atoms in total. The quantitative estimate of drug-likeness (QED) is 0.657. The standard InChI is InChI=1S/C14H15FN2OS2/c1-9(12-3-2-6-19-12)17-14(18)8-20-13-7-10(15)4-5-11(13)16/h2-7,9H,8,16H2,1H3,(H,17,18). The van der Waals surface area contributed by atoms with Gasteiger partial charge in [-0.2, -0.15) is 0 Å². The lowest BCUT2D eigenvalue weighted by Crippen LogP contribution is -2.27. The van der Waals surface area contributed by atoms with Crippen LogP contribution in [0.2, 0.25) is 0 Å². The number of hydrogen-bond donors (Lipinski definition) is 2. The van der Waals surface area contributed by atoms with Gasteiger partial charge in [-0.25, -0.2) is 4.39 Å². The number of amides is 1. The minimum Gasteiger partial charge on any atom is -0.398 e. The fourth-order valence-electron chi connectivity index (χ4n) is 1.67. The molecule has 1 amide bonds. The van der Waals surface area contributed by atoms with Gasteiger partial charge in [0.2, 0.25) is 5.91 Å². The van der Waals surface area contributed by atoms with Crippen LogP contribution in [0.5, 0.6) is 0 Å². The number of nitrogens with one attached hydrogen (secondary N) is 1. The molecule has 106 valence electrons. The SMILES string of the molecule is CC(NC(=O)CSc1cc(F)ccc1N)c1cccs1. The van der Waals surface area contributed by atoms with Gasteiger partial charge >= 0.3 is 0 Å². The second-order valence-electron chi connectivity index (χ2n) is 4.28. The predicted octanol–water partition coefficient (Wildman–Crippen LogP) is 3.44. The van der Waals surface area contributed by atoms with Gasteiger partial charge < -0.3 is 11.1 Å². The number of rotatable bonds is 5. The number of nitrogens with two attached hydrogens (primary N) is 1. The van der Waals surface area contributed by atoms with Crippen molar-refractivity contribution in [3.8, 4) is 0 Å². The summed E-state index contributed by atoms with van der Waals surface area (Å²) in [5, 5.41) is 4.88. The van der Waals surface area contributed by atoms with Crippen LogP contribution in [0.4, 0.5) is 10.1 Å². The zero-order valence-electron chi connectivity index (χ0n) is 10.9. The van der Waals surface area contributed by atoms with Crippen LogP contribution in [0, 0.1) is 5.82 Å². The molecule has 1 unspecified atom stereocenters. The molecule has 0 radical (unpaired) electrons. The molecule has 2 rings (SSSR count). The first-order valence-corrected chi connectivity index (χ1v) is 7.93. The van der Waals surface area contributed by atoms with Crippen LogP contribution in [-0.2, 0) is 4.79 Å². The molecule has 0 saturated heterocycles. The fraction of sp³-hybridized carbons (Fsp3) is 0.214. The highest BCUT2D eigenvalue weighted by Crippen LogP contribution is 2.26. The molecule has 1 aromatic carbocycles. The minimum absolute atomic E-state index is 0.0204. The van der Waals surface area contributed by atoms with E-state index in [2.05, 4.69) is 5.32 Å². The Bertz CT molecular complexity index is 587. The van der Waals surface area contributed by atoms with Gasteiger partial charge in [-0.05, 0) is 36.6 Å². The summed E-state index contributed by atoms with van der Waals surface area (Å²) in [5.41, 5.74) is 6.22. The monoisotopic (exact) mass is 310 g/mol. The van der Waals surface area contributed by atoms with Crippen LogP contribution in [0.15, 0.2) is 40.6 Å². The molecule has 0 bridgehead atoms. The summed E-state index contributed by atoms with van der Waals surface area (Å²) in [6, 6.07) is 8.06. The zero-order chi connectivity index (χ0) is 14.5. The van der Waals surface area contributed by atoms with Crippen molar-refractivity contribution in [2.75, 3.05) is 11.5 Å². The van der Waals surface area contributed by atoms with E-state index in [1.54, 1.807) is 11.3 Å². The number of halogens is 1. The Morgan fingerprint density at radius 3 is 3.00 bits per heavy atom. The maximum Gasteiger partial charge on any atom is 0.230 e. The summed E-state index contributed by atoms with van der Waals surface area (Å²) >= 11 is 2.84. The number of hydrogen-bond acceptors (Lipinski definition) is 4. The van der Waals surface area contributed by atoms with E-state index in [9.17, 15) is 9.18 Å². The lowest BCUT2D eigenvalue weighted by molar-refractivity contribution is -0.119. The highest BCUT2D eigenvalue weighted by atomic mass is 32.2. The third kappa shape index (κ3) is 3.98. The first-order valence-electron chi connectivity index (χ1n) is 6.07. The number of thiophene rings is 1. The van der Waals surface area contributed by atoms with Gasteiger partial charge in [-0.3, -0.25) is 4.79 Å². The van der Waals surface area contributed by atoms with Crippen molar-refractivity contribution in [1.82, 2.24) is 5.32 Å². The third-order valence-electron chi connectivity index (χ3n) is 2.68. The molecule has 1 aromatic heterocycles. The topological polar surface area (TPSA) is 55.1 Å². The largest absolute Gasteiger partial charge is 0.398 e. The molecule has 0 spiro atoms. The average Bonchev–Trinajstić information content (AvgIpc) is 2.94. The first-order chi connectivity index (χ1) is 9.56. The number of thioether (sulfide) groups is 1. The fourth-order valence-corrected chi connectivity index (χ4v) is 3.20. The molecule has 1 heterocycles. The van der Waals surface area contributed by atoms with Crippen LogP contribution in [0.25, 0.3) is 0 Å². The third-order valence-corrected chi connectivity index (χ3v) is 4.81. The van der Waals surface area contributed by atoms with E-state index in [1.807, 2.05) is 24.4 Å². The van der Waals surface area contributed by atoms with Crippen LogP contribution in [0.1, 0.15) is 17.8 Å². The minimum atomic E-state index is -0.353. The number of carbonyl (C=O) groups is 1. The van der Waals surface area contributed by atoms with Crippen molar-refractivity contribution >= 4 is 34.7 Å². The normalized spacial score (nSPS) is 12.1. The smallest absolute Gasteiger partial charge is 0.230 e. The summed E-state index contributed by atoms with van der Waals surface area (Å²) in [4.78, 5) is 13.5. The second-order valence-corrected chi connectivity index (χ2v) is 6.27. The van der Waals surface area contributed by atoms with Crippen LogP contribution >= 0.6 is 23.1 Å². The number of nitrogen functional groups attached to an aromatic ring is 1. The van der Waals surface area contributed by atoms with E-state index >= 15 is 0 Å². The Morgan fingerprint density at radius 2 is 2.30 bits per heavy atom. The van der Waals surface area contributed by atoms with Crippen molar-refractivity contribution in [3.05, 3.63) is 46.4 Å². The zero-order valence-corrected chi connectivity index (χ0v) is 12.6. The van der Waals surface area contributed by atoms with E-state index < -0.39 is 0 Å². The Kier molecular flexibility index (Phi) is 5.03. The molecule has 2 aromatic rings. The van der Waals surface area contributed by atoms with E-state index in [-0.39, 0.29) is 23.5 Å². The van der Waals surface area contributed by atoms with Gasteiger partial charge in [-0.1, -0.05) is 6.07 Å². The predicted molar refractivity (Wildman–Crippen MR) is 82.4 cm³/mol. The molecule has 20 heavy (non-hydrogen) atoms. The van der Waals surface area contributed by atoms with Gasteiger partial charge in [0, 0.05) is 15.5 Å². The molecular weight excluding hydrogens is 295 g/mol. The lowest BCUT2D eigenvalue weighted by Gasteiger charge is -2.12. The van der Waals surface area contributed by atoms with Crippen LogP contribution in [-0.4, -0.2) is 11.7 Å². The van der Waals surface area contributed by atoms with Crippen LogP contribution in [0.3, 0.4) is 0 Å². The van der Waals surface area contributed by atoms with Crippen molar-refractivity contribution in [3.63, 3.8) is 0 Å². The molecule has 0 aliphatic carbocycles. The van der Waals surface area contributed by atoms with Gasteiger partial charge in [-0.15, -0.1) is 23.1 Å². The Hall–Kier alpha value is -1.53. The first kappa shape index (κ1) is 14.9. The van der Waals surface area contributed by atoms with Crippen molar-refractivity contribution < 1.29 is 9.18 Å². The number of anilines is 1. The summed E-state index contributed by atoms with van der Waals surface area (Å²) < 4.78 is 13.1. The molecule has 1 atom stereocenters. The number of benzene rings is 1. The van der Waals surface area contributed by atoms with E-state index in [0.29, 0.717) is 10.6 Å². The Balaban J connectivity index is 1.87. The van der Waals surface area contributed by atoms with Crippen molar-refractivity contribution in [2.45, 2.75) is 17.9 Å². The maximum absolute atomic E-state index is 13.1. The molecule has 0 fully saturated rings. The Morgan fingerprint density at radius 1 is 1.50 bits per heavy atom. The molecule has 0 aliphatic rings. The van der Waals surface area contributed by atoms with E-state index in [4.69, 9.17) is 5.73 Å². The summed E-state index contributed by atoms with van der Waals surface area (Å²) in [7, 11) is 0.